The summed E-state index contributed by atoms with van der Waals surface area (Å²) in [6.45, 7) is 8.25. The number of hydrogen-bond donors (Lipinski definition) is 1. The summed E-state index contributed by atoms with van der Waals surface area (Å²) in [7, 11) is 0. The van der Waals surface area contributed by atoms with Crippen molar-refractivity contribution >= 4 is 12.1 Å². The van der Waals surface area contributed by atoms with Gasteiger partial charge in [0.25, 0.3) is 0 Å². The lowest BCUT2D eigenvalue weighted by molar-refractivity contribution is 0.0159. The van der Waals surface area contributed by atoms with Crippen LogP contribution in [0.3, 0.4) is 0 Å². The lowest BCUT2D eigenvalue weighted by Gasteiger charge is -2.35. The van der Waals surface area contributed by atoms with Crippen molar-refractivity contribution in [3.8, 4) is 0 Å². The molecule has 0 aliphatic carbocycles. The first-order valence-electron chi connectivity index (χ1n) is 7.50. The van der Waals surface area contributed by atoms with Crippen molar-refractivity contribution in [1.29, 1.82) is 0 Å². The van der Waals surface area contributed by atoms with Crippen LogP contribution in [0.4, 0.5) is 9.59 Å². The highest BCUT2D eigenvalue weighted by Crippen LogP contribution is 2.13. The van der Waals surface area contributed by atoms with E-state index in [9.17, 15) is 9.59 Å². The number of rotatable bonds is 1. The molecule has 0 spiro atoms. The zero-order chi connectivity index (χ0) is 15.5. The molecular weight excluding hydrogens is 274 g/mol. The third-order valence-corrected chi connectivity index (χ3v) is 3.43. The Morgan fingerprint density at radius 3 is 2.29 bits per heavy atom. The molecule has 0 aromatic heterocycles. The van der Waals surface area contributed by atoms with E-state index in [2.05, 4.69) is 5.32 Å². The van der Waals surface area contributed by atoms with Crippen molar-refractivity contribution in [2.24, 2.45) is 0 Å². The van der Waals surface area contributed by atoms with Gasteiger partial charge in [0, 0.05) is 32.8 Å². The first-order chi connectivity index (χ1) is 9.85. The minimum Gasteiger partial charge on any atom is -0.444 e. The molecule has 7 nitrogen and oxygen atoms in total. The molecule has 0 saturated carbocycles. The molecule has 120 valence electrons. The molecule has 3 amide bonds. The Labute approximate surface area is 125 Å². The smallest absolute Gasteiger partial charge is 0.410 e. The van der Waals surface area contributed by atoms with Gasteiger partial charge >= 0.3 is 12.1 Å². The van der Waals surface area contributed by atoms with E-state index in [0.29, 0.717) is 32.8 Å². The highest BCUT2D eigenvalue weighted by Gasteiger charge is 2.28. The monoisotopic (exact) mass is 299 g/mol. The minimum absolute atomic E-state index is 0.120. The lowest BCUT2D eigenvalue weighted by atomic mass is 10.2. The van der Waals surface area contributed by atoms with Crippen LogP contribution in [-0.2, 0) is 9.47 Å². The zero-order valence-electron chi connectivity index (χ0n) is 13.1. The van der Waals surface area contributed by atoms with Crippen LogP contribution >= 0.6 is 0 Å². The summed E-state index contributed by atoms with van der Waals surface area (Å²) in [4.78, 5) is 27.3. The Morgan fingerprint density at radius 1 is 1.14 bits per heavy atom. The van der Waals surface area contributed by atoms with Crippen molar-refractivity contribution in [3.05, 3.63) is 0 Å². The molecule has 1 N–H and O–H groups in total. The summed E-state index contributed by atoms with van der Waals surface area (Å²) < 4.78 is 10.7. The molecule has 2 rings (SSSR count). The normalized spacial score (nSPS) is 23.1. The highest BCUT2D eigenvalue weighted by atomic mass is 16.6. The quantitative estimate of drug-likeness (QED) is 0.794. The maximum Gasteiger partial charge on any atom is 0.410 e. The van der Waals surface area contributed by atoms with Gasteiger partial charge in [0.15, 0.2) is 0 Å². The average molecular weight is 299 g/mol. The molecule has 2 aliphatic rings. The van der Waals surface area contributed by atoms with Crippen molar-refractivity contribution < 1.29 is 19.1 Å². The van der Waals surface area contributed by atoms with Gasteiger partial charge in [0.1, 0.15) is 11.8 Å². The molecule has 2 aliphatic heterocycles. The van der Waals surface area contributed by atoms with E-state index in [1.807, 2.05) is 20.8 Å². The van der Waals surface area contributed by atoms with E-state index < -0.39 is 5.60 Å². The molecule has 7 heteroatoms. The molecule has 1 unspecified atom stereocenters. The van der Waals surface area contributed by atoms with Crippen LogP contribution in [0.15, 0.2) is 0 Å². The summed E-state index contributed by atoms with van der Waals surface area (Å²) in [5.74, 6) is 0. The predicted octanol–water partition coefficient (Wildman–Crippen LogP) is 1.39. The third kappa shape index (κ3) is 4.77. The van der Waals surface area contributed by atoms with Gasteiger partial charge in [0.2, 0.25) is 0 Å². The first kappa shape index (κ1) is 15.9. The Morgan fingerprint density at radius 2 is 1.76 bits per heavy atom. The summed E-state index contributed by atoms with van der Waals surface area (Å²) in [5.41, 5.74) is -0.495. The van der Waals surface area contributed by atoms with Crippen LogP contribution in [0.5, 0.6) is 0 Å². The number of ether oxygens (including phenoxy) is 2. The second-order valence-corrected chi connectivity index (χ2v) is 6.41. The van der Waals surface area contributed by atoms with Crippen LogP contribution in [0, 0.1) is 0 Å². The molecular formula is C14H25N3O4. The standard InChI is InChI=1S/C14H25N3O4/c1-14(2,3)21-13(19)17-8-6-16(7-9-17)12(18)15-11-5-4-10-20-11/h11H,4-10H2,1-3H3,(H,15,18). The fourth-order valence-corrected chi connectivity index (χ4v) is 2.34. The van der Waals surface area contributed by atoms with Crippen molar-refractivity contribution in [2.75, 3.05) is 32.8 Å². The van der Waals surface area contributed by atoms with E-state index in [4.69, 9.17) is 9.47 Å². The van der Waals surface area contributed by atoms with Crippen molar-refractivity contribution in [1.82, 2.24) is 15.1 Å². The lowest BCUT2D eigenvalue weighted by Crippen LogP contribution is -2.55. The molecule has 0 radical (unpaired) electrons. The summed E-state index contributed by atoms with van der Waals surface area (Å²) in [6.07, 6.45) is 1.36. The van der Waals surface area contributed by atoms with Gasteiger partial charge in [-0.15, -0.1) is 0 Å². The third-order valence-electron chi connectivity index (χ3n) is 3.43. The molecule has 21 heavy (non-hydrogen) atoms. The molecule has 2 fully saturated rings. The van der Waals surface area contributed by atoms with Gasteiger partial charge in [-0.25, -0.2) is 9.59 Å². The molecule has 0 aromatic rings. The number of hydrogen-bond acceptors (Lipinski definition) is 4. The summed E-state index contributed by atoms with van der Waals surface area (Å²) in [6, 6.07) is -0.120. The molecule has 2 heterocycles. The fraction of sp³-hybridized carbons (Fsp3) is 0.857. The van der Waals surface area contributed by atoms with Gasteiger partial charge in [-0.2, -0.15) is 0 Å². The SMILES string of the molecule is CC(C)(C)OC(=O)N1CCN(C(=O)NC2CCCO2)CC1. The van der Waals surface area contributed by atoms with Crippen molar-refractivity contribution in [2.45, 2.75) is 45.4 Å². The topological polar surface area (TPSA) is 71.1 Å². The number of carbonyl (C=O) groups excluding carboxylic acids is 2. The minimum atomic E-state index is -0.495. The van der Waals surface area contributed by atoms with Gasteiger partial charge in [0.05, 0.1) is 0 Å². The van der Waals surface area contributed by atoms with E-state index in [1.165, 1.54) is 0 Å². The first-order valence-corrected chi connectivity index (χ1v) is 7.50. The Kier molecular flexibility index (Phi) is 4.92. The van der Waals surface area contributed by atoms with Crippen LogP contribution in [-0.4, -0.2) is 66.5 Å². The average Bonchev–Trinajstić information content (AvgIpc) is 2.90. The van der Waals surface area contributed by atoms with Gasteiger partial charge in [-0.3, -0.25) is 0 Å². The molecule has 1 atom stereocenters. The van der Waals surface area contributed by atoms with Gasteiger partial charge in [-0.05, 0) is 33.6 Å². The van der Waals surface area contributed by atoms with E-state index >= 15 is 0 Å². The Hall–Kier alpha value is -1.50. The van der Waals surface area contributed by atoms with E-state index in [1.54, 1.807) is 9.80 Å². The Bertz CT molecular complexity index is 380. The Balaban J connectivity index is 1.74. The van der Waals surface area contributed by atoms with Crippen LogP contribution in [0.25, 0.3) is 0 Å². The maximum absolute atomic E-state index is 12.1. The number of nitrogens with zero attached hydrogens (tertiary/aromatic N) is 2. The highest BCUT2D eigenvalue weighted by molar-refractivity contribution is 5.75. The van der Waals surface area contributed by atoms with Crippen LogP contribution in [0.2, 0.25) is 0 Å². The summed E-state index contributed by atoms with van der Waals surface area (Å²) >= 11 is 0. The van der Waals surface area contributed by atoms with E-state index in [0.717, 1.165) is 12.8 Å². The number of amides is 3. The van der Waals surface area contributed by atoms with Gasteiger partial charge < -0.3 is 24.6 Å². The maximum atomic E-state index is 12.1. The number of urea groups is 1. The fourth-order valence-electron chi connectivity index (χ4n) is 2.34. The number of nitrogens with one attached hydrogen (secondary N) is 1. The number of piperazine rings is 1. The largest absolute Gasteiger partial charge is 0.444 e. The predicted molar refractivity (Wildman–Crippen MR) is 76.9 cm³/mol. The van der Waals surface area contributed by atoms with Crippen LogP contribution < -0.4 is 5.32 Å². The summed E-state index contributed by atoms with van der Waals surface area (Å²) in [5, 5.41) is 2.86. The molecule has 0 bridgehead atoms. The second kappa shape index (κ2) is 6.51. The van der Waals surface area contributed by atoms with Crippen LogP contribution in [0.1, 0.15) is 33.6 Å². The zero-order valence-corrected chi connectivity index (χ0v) is 13.1. The molecule has 0 aromatic carbocycles. The van der Waals surface area contributed by atoms with Gasteiger partial charge in [-0.1, -0.05) is 0 Å². The number of carbonyl (C=O) groups is 2. The van der Waals surface area contributed by atoms with Crippen molar-refractivity contribution in [3.63, 3.8) is 0 Å². The molecule has 2 saturated heterocycles. The van der Waals surface area contributed by atoms with E-state index in [-0.39, 0.29) is 18.4 Å². The second-order valence-electron chi connectivity index (χ2n) is 6.41.